The minimum Gasteiger partial charge on any atom is -0.321 e. The van der Waals surface area contributed by atoms with Crippen LogP contribution in [0.15, 0.2) is 48.5 Å². The monoisotopic (exact) mass is 366 g/mol. The van der Waals surface area contributed by atoms with Gasteiger partial charge in [-0.05, 0) is 44.0 Å². The van der Waals surface area contributed by atoms with Gasteiger partial charge in [-0.25, -0.2) is 4.98 Å². The van der Waals surface area contributed by atoms with Crippen LogP contribution in [0.2, 0.25) is 0 Å². The van der Waals surface area contributed by atoms with Crippen molar-refractivity contribution in [2.24, 2.45) is 0 Å². The Bertz CT molecular complexity index is 870. The number of thiazole rings is 1. The zero-order valence-corrected chi connectivity index (χ0v) is 15.8. The first-order valence-electron chi connectivity index (χ1n) is 9.25. The molecule has 1 aliphatic heterocycles. The largest absolute Gasteiger partial charge is 0.321 e. The van der Waals surface area contributed by atoms with Gasteiger partial charge in [-0.1, -0.05) is 29.8 Å². The Kier molecular flexibility index (Phi) is 5.00. The first-order chi connectivity index (χ1) is 12.7. The van der Waals surface area contributed by atoms with E-state index in [-0.39, 0.29) is 5.91 Å². The quantitative estimate of drug-likeness (QED) is 0.744. The number of hydrogen-bond donors (Lipinski definition) is 2. The summed E-state index contributed by atoms with van der Waals surface area (Å²) in [7, 11) is 0. The Labute approximate surface area is 157 Å². The van der Waals surface area contributed by atoms with E-state index in [4.69, 9.17) is 4.98 Å². The van der Waals surface area contributed by atoms with Gasteiger partial charge < -0.3 is 10.2 Å². The van der Waals surface area contributed by atoms with Gasteiger partial charge in [0.05, 0.1) is 16.8 Å². The maximum atomic E-state index is 12.6. The van der Waals surface area contributed by atoms with Crippen molar-refractivity contribution >= 4 is 33.1 Å². The molecular weight excluding hydrogens is 342 g/mol. The first kappa shape index (κ1) is 17.2. The lowest BCUT2D eigenvalue weighted by Gasteiger charge is -2.30. The predicted octanol–water partition coefficient (Wildman–Crippen LogP) is 3.35. The molecule has 1 aromatic heterocycles. The number of benzene rings is 2. The lowest BCUT2D eigenvalue weighted by molar-refractivity contribution is -0.929. The summed E-state index contributed by atoms with van der Waals surface area (Å²) in [6, 6.07) is 16.6. The predicted molar refractivity (Wildman–Crippen MR) is 107 cm³/mol. The van der Waals surface area contributed by atoms with Gasteiger partial charge >= 0.3 is 0 Å². The van der Waals surface area contributed by atoms with E-state index in [0.717, 1.165) is 24.2 Å². The summed E-state index contributed by atoms with van der Waals surface area (Å²) >= 11 is 1.78. The Hall–Kier alpha value is -2.24. The Morgan fingerprint density at radius 3 is 2.81 bits per heavy atom. The maximum Gasteiger partial charge on any atom is 0.279 e. The van der Waals surface area contributed by atoms with Crippen molar-refractivity contribution in [3.63, 3.8) is 0 Å². The summed E-state index contributed by atoms with van der Waals surface area (Å²) in [5.74, 6) is 0.0804. The van der Waals surface area contributed by atoms with Crippen LogP contribution >= 0.6 is 11.3 Å². The van der Waals surface area contributed by atoms with Crippen molar-refractivity contribution in [1.82, 2.24) is 4.98 Å². The number of anilines is 1. The molecule has 1 saturated heterocycles. The zero-order chi connectivity index (χ0) is 17.9. The van der Waals surface area contributed by atoms with E-state index in [0.29, 0.717) is 12.6 Å². The van der Waals surface area contributed by atoms with Crippen molar-refractivity contribution in [2.45, 2.75) is 32.2 Å². The molecule has 2 aromatic carbocycles. The highest BCUT2D eigenvalue weighted by Crippen LogP contribution is 2.28. The molecule has 1 amide bonds. The fourth-order valence-corrected chi connectivity index (χ4v) is 4.84. The van der Waals surface area contributed by atoms with E-state index < -0.39 is 0 Å². The third kappa shape index (κ3) is 3.79. The van der Waals surface area contributed by atoms with Crippen LogP contribution < -0.4 is 10.2 Å². The van der Waals surface area contributed by atoms with Crippen LogP contribution in [0.3, 0.4) is 0 Å². The second kappa shape index (κ2) is 7.56. The Morgan fingerprint density at radius 1 is 1.19 bits per heavy atom. The highest BCUT2D eigenvalue weighted by Gasteiger charge is 2.31. The van der Waals surface area contributed by atoms with Gasteiger partial charge in [0, 0.05) is 12.1 Å². The molecule has 0 saturated carbocycles. The number of amides is 1. The number of hydrogen-bond acceptors (Lipinski definition) is 3. The number of nitrogens with one attached hydrogen (secondary N) is 2. The molecule has 1 unspecified atom stereocenters. The lowest BCUT2D eigenvalue weighted by atomic mass is 10.0. The molecule has 1 aliphatic rings. The average Bonchev–Trinajstić information content (AvgIpc) is 3.08. The molecule has 0 radical (unpaired) electrons. The lowest BCUT2D eigenvalue weighted by Crippen LogP contribution is -3.14. The molecule has 0 bridgehead atoms. The van der Waals surface area contributed by atoms with E-state index in [9.17, 15) is 4.79 Å². The summed E-state index contributed by atoms with van der Waals surface area (Å²) in [6.45, 7) is 3.57. The number of carbonyl (C=O) groups is 1. The number of para-hydroxylation sites is 1. The van der Waals surface area contributed by atoms with Crippen LogP contribution in [0.25, 0.3) is 10.2 Å². The second-order valence-electron chi connectivity index (χ2n) is 7.07. The fourth-order valence-electron chi connectivity index (χ4n) is 3.68. The number of aromatic nitrogens is 1. The molecule has 3 aromatic rings. The normalized spacial score (nSPS) is 20.2. The Morgan fingerprint density at radius 2 is 2.00 bits per heavy atom. The molecule has 2 N–H and O–H groups in total. The van der Waals surface area contributed by atoms with Gasteiger partial charge in [-0.2, -0.15) is 0 Å². The number of rotatable bonds is 4. The van der Waals surface area contributed by atoms with Crippen LogP contribution in [0.1, 0.15) is 35.9 Å². The van der Waals surface area contributed by atoms with Gasteiger partial charge in [0.1, 0.15) is 6.04 Å². The number of quaternary nitrogens is 1. The topological polar surface area (TPSA) is 46.4 Å². The minimum absolute atomic E-state index is 0.0804. The number of piperidine rings is 1. The maximum absolute atomic E-state index is 12.6. The summed E-state index contributed by atoms with van der Waals surface area (Å²) in [6.07, 6.45) is 3.49. The zero-order valence-electron chi connectivity index (χ0n) is 15.0. The molecule has 1 fully saturated rings. The van der Waals surface area contributed by atoms with Crippen LogP contribution in [-0.2, 0) is 4.79 Å². The standard InChI is InChI=1S/C21H23N3OS/c1-15-9-11-16(12-10-15)22-20(25)14-24-13-5-4-7-18(24)21-23-17-6-2-3-8-19(17)26-21/h2-3,6,8-12,18H,4-5,7,13-14H2,1H3,(H,22,25)/p+1/t18-/m1/s1. The third-order valence-corrected chi connectivity index (χ3v) is 6.22. The molecule has 134 valence electrons. The summed E-state index contributed by atoms with van der Waals surface area (Å²) in [4.78, 5) is 18.8. The number of nitrogens with zero attached hydrogens (tertiary/aromatic N) is 1. The molecule has 26 heavy (non-hydrogen) atoms. The fraction of sp³-hybridized carbons (Fsp3) is 0.333. The van der Waals surface area contributed by atoms with Gasteiger partial charge in [0.25, 0.3) is 5.91 Å². The van der Waals surface area contributed by atoms with E-state index in [1.54, 1.807) is 11.3 Å². The number of fused-ring (bicyclic) bond motifs is 1. The van der Waals surface area contributed by atoms with Gasteiger partial charge in [-0.3, -0.25) is 4.79 Å². The molecule has 2 atom stereocenters. The summed E-state index contributed by atoms with van der Waals surface area (Å²) in [5, 5.41) is 4.21. The van der Waals surface area contributed by atoms with Crippen LogP contribution in [-0.4, -0.2) is 24.0 Å². The molecule has 4 rings (SSSR count). The molecular formula is C21H24N3OS+. The summed E-state index contributed by atoms with van der Waals surface area (Å²) in [5.41, 5.74) is 3.13. The number of carbonyl (C=O) groups excluding carboxylic acids is 1. The third-order valence-electron chi connectivity index (χ3n) is 5.06. The van der Waals surface area contributed by atoms with E-state index in [1.165, 1.54) is 33.0 Å². The molecule has 0 spiro atoms. The van der Waals surface area contributed by atoms with Crippen LogP contribution in [0, 0.1) is 6.92 Å². The van der Waals surface area contributed by atoms with Crippen molar-refractivity contribution in [1.29, 1.82) is 0 Å². The van der Waals surface area contributed by atoms with Gasteiger partial charge in [0.15, 0.2) is 11.6 Å². The Balaban J connectivity index is 1.48. The van der Waals surface area contributed by atoms with E-state index >= 15 is 0 Å². The van der Waals surface area contributed by atoms with Crippen molar-refractivity contribution in [3.8, 4) is 0 Å². The van der Waals surface area contributed by atoms with Crippen LogP contribution in [0.5, 0.6) is 0 Å². The molecule has 0 aliphatic carbocycles. The average molecular weight is 367 g/mol. The first-order valence-corrected chi connectivity index (χ1v) is 10.1. The van der Waals surface area contributed by atoms with Gasteiger partial charge in [0.2, 0.25) is 0 Å². The highest BCUT2D eigenvalue weighted by molar-refractivity contribution is 7.18. The van der Waals surface area contributed by atoms with Crippen LogP contribution in [0.4, 0.5) is 5.69 Å². The molecule has 5 heteroatoms. The second-order valence-corrected chi connectivity index (χ2v) is 8.13. The van der Waals surface area contributed by atoms with Gasteiger partial charge in [-0.15, -0.1) is 11.3 Å². The van der Waals surface area contributed by atoms with Crippen molar-refractivity contribution in [2.75, 3.05) is 18.4 Å². The van der Waals surface area contributed by atoms with Crippen molar-refractivity contribution < 1.29 is 9.69 Å². The van der Waals surface area contributed by atoms with Crippen molar-refractivity contribution in [3.05, 3.63) is 59.1 Å². The number of likely N-dealkylation sites (tertiary alicyclic amines) is 1. The molecule has 4 nitrogen and oxygen atoms in total. The minimum atomic E-state index is 0.0804. The SMILES string of the molecule is Cc1ccc(NC(=O)C[NH+]2CCCC[C@@H]2c2nc3ccccc3s2)cc1. The summed E-state index contributed by atoms with van der Waals surface area (Å²) < 4.78 is 1.23. The number of aryl methyl sites for hydroxylation is 1. The molecule has 2 heterocycles. The van der Waals surface area contributed by atoms with E-state index in [2.05, 4.69) is 23.5 Å². The smallest absolute Gasteiger partial charge is 0.279 e. The highest BCUT2D eigenvalue weighted by atomic mass is 32.1. The van der Waals surface area contributed by atoms with E-state index in [1.807, 2.05) is 37.3 Å².